The van der Waals surface area contributed by atoms with E-state index in [4.69, 9.17) is 9.84 Å². The molecule has 0 aliphatic heterocycles. The van der Waals surface area contributed by atoms with Gasteiger partial charge in [0.2, 0.25) is 0 Å². The number of aliphatic carboxylic acids is 1. The third-order valence-electron chi connectivity index (χ3n) is 1.98. The number of carboxylic acid groups (broad SMARTS) is 1. The standard InChI is InChI=1S/C11H12F2O3/c12-9-1-2-10(13)8(7-9)3-5-16-6-4-11(14)15/h1-2,7H,3-6H2,(H,14,15). The van der Waals surface area contributed by atoms with Crippen molar-refractivity contribution >= 4 is 5.97 Å². The Labute approximate surface area is 91.7 Å². The van der Waals surface area contributed by atoms with Crippen molar-refractivity contribution in [2.24, 2.45) is 0 Å². The first-order valence-electron chi connectivity index (χ1n) is 4.83. The van der Waals surface area contributed by atoms with Gasteiger partial charge in [0.25, 0.3) is 0 Å². The third kappa shape index (κ3) is 4.35. The zero-order valence-electron chi connectivity index (χ0n) is 8.58. The molecule has 0 aliphatic rings. The topological polar surface area (TPSA) is 46.5 Å². The van der Waals surface area contributed by atoms with Crippen molar-refractivity contribution in [1.29, 1.82) is 0 Å². The molecule has 0 unspecified atom stereocenters. The molecule has 88 valence electrons. The van der Waals surface area contributed by atoms with Crippen LogP contribution < -0.4 is 0 Å². The monoisotopic (exact) mass is 230 g/mol. The van der Waals surface area contributed by atoms with Crippen LogP contribution in [0.2, 0.25) is 0 Å². The Balaban J connectivity index is 2.31. The van der Waals surface area contributed by atoms with E-state index in [0.717, 1.165) is 18.2 Å². The van der Waals surface area contributed by atoms with Gasteiger partial charge < -0.3 is 9.84 Å². The van der Waals surface area contributed by atoms with E-state index >= 15 is 0 Å². The number of halogens is 2. The quantitative estimate of drug-likeness (QED) is 0.760. The van der Waals surface area contributed by atoms with Crippen LogP contribution >= 0.6 is 0 Å². The fourth-order valence-corrected chi connectivity index (χ4v) is 1.18. The molecule has 1 N–H and O–H groups in total. The van der Waals surface area contributed by atoms with Crippen LogP contribution in [0.4, 0.5) is 8.78 Å². The molecule has 0 saturated carbocycles. The molecule has 0 heterocycles. The molecule has 0 radical (unpaired) electrons. The van der Waals surface area contributed by atoms with Gasteiger partial charge in [-0.15, -0.1) is 0 Å². The highest BCUT2D eigenvalue weighted by Gasteiger charge is 2.04. The minimum atomic E-state index is -0.947. The summed E-state index contributed by atoms with van der Waals surface area (Å²) in [6.07, 6.45) is 0.134. The highest BCUT2D eigenvalue weighted by atomic mass is 19.1. The lowest BCUT2D eigenvalue weighted by molar-refractivity contribution is -0.138. The van der Waals surface area contributed by atoms with Crippen molar-refractivity contribution in [3.05, 3.63) is 35.4 Å². The average Bonchev–Trinajstić information content (AvgIpc) is 2.22. The van der Waals surface area contributed by atoms with E-state index in [1.807, 2.05) is 0 Å². The van der Waals surface area contributed by atoms with Crippen molar-refractivity contribution in [3.63, 3.8) is 0 Å². The van der Waals surface area contributed by atoms with Crippen molar-refractivity contribution < 1.29 is 23.4 Å². The third-order valence-corrected chi connectivity index (χ3v) is 1.98. The normalized spacial score (nSPS) is 10.4. The molecule has 5 heteroatoms. The molecular weight excluding hydrogens is 218 g/mol. The van der Waals surface area contributed by atoms with Gasteiger partial charge in [-0.2, -0.15) is 0 Å². The number of carboxylic acids is 1. The van der Waals surface area contributed by atoms with E-state index in [1.165, 1.54) is 0 Å². The minimum Gasteiger partial charge on any atom is -0.481 e. The smallest absolute Gasteiger partial charge is 0.305 e. The molecule has 0 aliphatic carbocycles. The molecule has 0 bridgehead atoms. The molecule has 1 aromatic rings. The maximum atomic E-state index is 13.1. The maximum Gasteiger partial charge on any atom is 0.305 e. The number of hydrogen-bond donors (Lipinski definition) is 1. The molecule has 0 saturated heterocycles. The van der Waals surface area contributed by atoms with Crippen molar-refractivity contribution in [2.45, 2.75) is 12.8 Å². The number of benzene rings is 1. The summed E-state index contributed by atoms with van der Waals surface area (Å²) in [4.78, 5) is 10.1. The number of ether oxygens (including phenoxy) is 1. The van der Waals surface area contributed by atoms with Crippen LogP contribution in [0.3, 0.4) is 0 Å². The van der Waals surface area contributed by atoms with E-state index in [2.05, 4.69) is 0 Å². The molecule has 0 aromatic heterocycles. The second-order valence-corrected chi connectivity index (χ2v) is 3.24. The Morgan fingerprint density at radius 1 is 1.31 bits per heavy atom. The SMILES string of the molecule is O=C(O)CCOCCc1cc(F)ccc1F. The van der Waals surface area contributed by atoms with Crippen molar-refractivity contribution in [2.75, 3.05) is 13.2 Å². The largest absolute Gasteiger partial charge is 0.481 e. The van der Waals surface area contributed by atoms with E-state index < -0.39 is 17.6 Å². The van der Waals surface area contributed by atoms with E-state index in [-0.39, 0.29) is 31.6 Å². The Morgan fingerprint density at radius 2 is 2.06 bits per heavy atom. The summed E-state index contributed by atoms with van der Waals surface area (Å²) in [6, 6.07) is 3.21. The fourth-order valence-electron chi connectivity index (χ4n) is 1.18. The molecular formula is C11H12F2O3. The average molecular weight is 230 g/mol. The van der Waals surface area contributed by atoms with Gasteiger partial charge in [-0.1, -0.05) is 0 Å². The van der Waals surface area contributed by atoms with Gasteiger partial charge in [0, 0.05) is 0 Å². The lowest BCUT2D eigenvalue weighted by Gasteiger charge is -2.04. The summed E-state index contributed by atoms with van der Waals surface area (Å²) >= 11 is 0. The number of hydrogen-bond acceptors (Lipinski definition) is 2. The first-order valence-corrected chi connectivity index (χ1v) is 4.83. The summed E-state index contributed by atoms with van der Waals surface area (Å²) in [5.41, 5.74) is 0.232. The van der Waals surface area contributed by atoms with E-state index in [0.29, 0.717) is 0 Å². The van der Waals surface area contributed by atoms with Crippen LogP contribution in [0.1, 0.15) is 12.0 Å². The Morgan fingerprint density at radius 3 is 2.75 bits per heavy atom. The van der Waals surface area contributed by atoms with Gasteiger partial charge in [-0.25, -0.2) is 8.78 Å². The van der Waals surface area contributed by atoms with Gasteiger partial charge in [-0.05, 0) is 30.2 Å². The molecule has 1 rings (SSSR count). The van der Waals surface area contributed by atoms with Gasteiger partial charge in [0.05, 0.1) is 19.6 Å². The number of carbonyl (C=O) groups is 1. The predicted molar refractivity (Wildman–Crippen MR) is 53.1 cm³/mol. The zero-order valence-corrected chi connectivity index (χ0v) is 8.58. The predicted octanol–water partition coefficient (Wildman–Crippen LogP) is 2.00. The maximum absolute atomic E-state index is 13.1. The lowest BCUT2D eigenvalue weighted by Crippen LogP contribution is -2.06. The Bertz CT molecular complexity index is 366. The van der Waals surface area contributed by atoms with Crippen LogP contribution in [-0.4, -0.2) is 24.3 Å². The highest BCUT2D eigenvalue weighted by molar-refractivity contribution is 5.66. The second kappa shape index (κ2) is 6.17. The van der Waals surface area contributed by atoms with Gasteiger partial charge >= 0.3 is 5.97 Å². The van der Waals surface area contributed by atoms with Crippen LogP contribution in [0, 0.1) is 11.6 Å². The molecule has 1 aromatic carbocycles. The Kier molecular flexibility index (Phi) is 4.85. The van der Waals surface area contributed by atoms with Gasteiger partial charge in [0.1, 0.15) is 11.6 Å². The first-order chi connectivity index (χ1) is 7.59. The van der Waals surface area contributed by atoms with Crippen molar-refractivity contribution in [1.82, 2.24) is 0 Å². The summed E-state index contributed by atoms with van der Waals surface area (Å²) in [7, 11) is 0. The second-order valence-electron chi connectivity index (χ2n) is 3.24. The van der Waals surface area contributed by atoms with Crippen LogP contribution in [0.5, 0.6) is 0 Å². The fraction of sp³-hybridized carbons (Fsp3) is 0.364. The zero-order chi connectivity index (χ0) is 12.0. The van der Waals surface area contributed by atoms with E-state index in [1.54, 1.807) is 0 Å². The molecule has 0 fully saturated rings. The first kappa shape index (κ1) is 12.6. The summed E-state index contributed by atoms with van der Waals surface area (Å²) in [5.74, 6) is -1.93. The van der Waals surface area contributed by atoms with Gasteiger partial charge in [0.15, 0.2) is 0 Å². The van der Waals surface area contributed by atoms with Crippen molar-refractivity contribution in [3.8, 4) is 0 Å². The molecule has 0 atom stereocenters. The molecule has 0 spiro atoms. The van der Waals surface area contributed by atoms with Crippen LogP contribution in [0.15, 0.2) is 18.2 Å². The van der Waals surface area contributed by atoms with Crippen LogP contribution in [-0.2, 0) is 16.0 Å². The summed E-state index contributed by atoms with van der Waals surface area (Å²) in [5, 5.41) is 8.32. The lowest BCUT2D eigenvalue weighted by atomic mass is 10.1. The Hall–Kier alpha value is -1.49. The molecule has 16 heavy (non-hydrogen) atoms. The minimum absolute atomic E-state index is 0.0757. The summed E-state index contributed by atoms with van der Waals surface area (Å²) < 4.78 is 30.8. The summed E-state index contributed by atoms with van der Waals surface area (Å²) in [6.45, 7) is 0.250. The van der Waals surface area contributed by atoms with Gasteiger partial charge in [-0.3, -0.25) is 4.79 Å². The van der Waals surface area contributed by atoms with E-state index in [9.17, 15) is 13.6 Å². The molecule has 3 nitrogen and oxygen atoms in total. The molecule has 0 amide bonds. The van der Waals surface area contributed by atoms with Crippen LogP contribution in [0.25, 0.3) is 0 Å². The number of rotatable bonds is 6. The highest BCUT2D eigenvalue weighted by Crippen LogP contribution is 2.10.